The molecule has 31 heavy (non-hydrogen) atoms. The fourth-order valence-corrected chi connectivity index (χ4v) is 6.37. The molecule has 5 rings (SSSR count). The van der Waals surface area contributed by atoms with Crippen molar-refractivity contribution in [2.24, 2.45) is 27.5 Å². The van der Waals surface area contributed by atoms with Gasteiger partial charge in [0, 0.05) is 23.3 Å². The average molecular weight is 418 g/mol. The minimum Gasteiger partial charge on any atom is -0.508 e. The van der Waals surface area contributed by atoms with E-state index in [-0.39, 0.29) is 11.1 Å². The lowest BCUT2D eigenvalue weighted by Gasteiger charge is -2.49. The first-order chi connectivity index (χ1) is 15.0. The fourth-order valence-electron chi connectivity index (χ4n) is 6.37. The molecular formula is C25H27N3O3. The van der Waals surface area contributed by atoms with Crippen LogP contribution in [0.3, 0.4) is 0 Å². The van der Waals surface area contributed by atoms with Gasteiger partial charge in [-0.15, -0.1) is 0 Å². The van der Waals surface area contributed by atoms with E-state index in [0.717, 1.165) is 37.7 Å². The van der Waals surface area contributed by atoms with Crippen LogP contribution in [-0.4, -0.2) is 22.0 Å². The molecule has 0 spiro atoms. The molecule has 0 aromatic heterocycles. The summed E-state index contributed by atoms with van der Waals surface area (Å²) in [6, 6.07) is 12.3. The first-order valence-corrected chi connectivity index (χ1v) is 11.1. The molecule has 0 radical (unpaired) electrons. The van der Waals surface area contributed by atoms with Crippen LogP contribution in [0.1, 0.15) is 61.6 Å². The van der Waals surface area contributed by atoms with Crippen molar-refractivity contribution in [2.45, 2.75) is 51.4 Å². The molecule has 0 saturated heterocycles. The van der Waals surface area contributed by atoms with E-state index < -0.39 is 4.92 Å². The molecule has 4 atom stereocenters. The van der Waals surface area contributed by atoms with Gasteiger partial charge in [-0.25, -0.2) is 0 Å². The largest absolute Gasteiger partial charge is 0.508 e. The van der Waals surface area contributed by atoms with Gasteiger partial charge in [-0.3, -0.25) is 10.1 Å². The van der Waals surface area contributed by atoms with E-state index in [1.54, 1.807) is 18.3 Å². The summed E-state index contributed by atoms with van der Waals surface area (Å²) in [4.78, 5) is 10.4. The standard InChI is InChI=1S/C25H27N3O3/c1-25-13-12-21-20-9-7-19(29)14-17(20)4-8-22(21)23(25)10-11-24(25)27-26-15-16-2-5-18(6-3-16)28(30)31/h2-3,5-7,9,14-15,21-23,29H,4,8,10-13H2,1H3/b26-15-,27-24-/t21-,22-,23-,25+/m1/s1. The molecular weight excluding hydrogens is 390 g/mol. The number of benzene rings is 2. The Labute approximate surface area is 181 Å². The second kappa shape index (κ2) is 7.59. The molecule has 0 amide bonds. The summed E-state index contributed by atoms with van der Waals surface area (Å²) in [5.41, 5.74) is 4.96. The van der Waals surface area contributed by atoms with Gasteiger partial charge >= 0.3 is 0 Å². The monoisotopic (exact) mass is 417 g/mol. The maximum absolute atomic E-state index is 10.8. The number of hydrogen-bond donors (Lipinski definition) is 1. The Hall–Kier alpha value is -3.02. The minimum atomic E-state index is -0.399. The third kappa shape index (κ3) is 3.44. The van der Waals surface area contributed by atoms with Crippen molar-refractivity contribution in [2.75, 3.05) is 0 Å². The van der Waals surface area contributed by atoms with Crippen LogP contribution in [0.15, 0.2) is 52.7 Å². The summed E-state index contributed by atoms with van der Waals surface area (Å²) in [6.07, 6.45) is 8.33. The van der Waals surface area contributed by atoms with Crippen LogP contribution in [0.25, 0.3) is 0 Å². The van der Waals surface area contributed by atoms with E-state index in [1.807, 2.05) is 12.1 Å². The Morgan fingerprint density at radius 3 is 2.71 bits per heavy atom. The third-order valence-electron chi connectivity index (χ3n) is 7.94. The molecule has 0 aliphatic heterocycles. The number of nitro groups is 1. The van der Waals surface area contributed by atoms with Crippen LogP contribution in [-0.2, 0) is 6.42 Å². The van der Waals surface area contributed by atoms with Crippen molar-refractivity contribution >= 4 is 17.6 Å². The SMILES string of the molecule is C[C@]12CC[C@@H]3c4ccc(O)cc4CC[C@H]3[C@H]1CC/C2=N/N=C\c1ccc([N+](=O)[O-])cc1. The highest BCUT2D eigenvalue weighted by molar-refractivity contribution is 5.93. The maximum Gasteiger partial charge on any atom is 0.269 e. The van der Waals surface area contributed by atoms with Crippen molar-refractivity contribution in [3.05, 3.63) is 69.3 Å². The van der Waals surface area contributed by atoms with E-state index in [4.69, 9.17) is 0 Å². The Bertz CT molecular complexity index is 1080. The van der Waals surface area contributed by atoms with E-state index in [2.05, 4.69) is 23.2 Å². The second-order valence-electron chi connectivity index (χ2n) is 9.43. The third-order valence-corrected chi connectivity index (χ3v) is 7.94. The normalized spacial score (nSPS) is 30.7. The Morgan fingerprint density at radius 1 is 1.13 bits per heavy atom. The van der Waals surface area contributed by atoms with Gasteiger partial charge in [-0.2, -0.15) is 10.2 Å². The number of phenolic OH excluding ortho intramolecular Hbond substituents is 1. The van der Waals surface area contributed by atoms with Crippen LogP contribution in [0.4, 0.5) is 5.69 Å². The van der Waals surface area contributed by atoms with Crippen molar-refractivity contribution in [1.82, 2.24) is 0 Å². The predicted octanol–water partition coefficient (Wildman–Crippen LogP) is 5.63. The summed E-state index contributed by atoms with van der Waals surface area (Å²) in [7, 11) is 0. The number of rotatable bonds is 3. The van der Waals surface area contributed by atoms with Gasteiger partial charge in [0.1, 0.15) is 5.75 Å². The van der Waals surface area contributed by atoms with Gasteiger partial charge in [0.15, 0.2) is 0 Å². The second-order valence-corrected chi connectivity index (χ2v) is 9.43. The smallest absolute Gasteiger partial charge is 0.269 e. The predicted molar refractivity (Wildman–Crippen MR) is 121 cm³/mol. The number of aromatic hydroxyl groups is 1. The summed E-state index contributed by atoms with van der Waals surface area (Å²) in [5.74, 6) is 2.26. The number of aryl methyl sites for hydroxylation is 1. The molecule has 1 N–H and O–H groups in total. The highest BCUT2D eigenvalue weighted by Gasteiger charge is 2.53. The summed E-state index contributed by atoms with van der Waals surface area (Å²) >= 11 is 0. The highest BCUT2D eigenvalue weighted by atomic mass is 16.6. The average Bonchev–Trinajstić information content (AvgIpc) is 3.10. The minimum absolute atomic E-state index is 0.0793. The van der Waals surface area contributed by atoms with Gasteiger partial charge < -0.3 is 5.11 Å². The zero-order valence-corrected chi connectivity index (χ0v) is 17.7. The molecule has 0 unspecified atom stereocenters. The van der Waals surface area contributed by atoms with Gasteiger partial charge in [-0.05, 0) is 97.2 Å². The fraction of sp³-hybridized carbons (Fsp3) is 0.440. The molecule has 2 aromatic carbocycles. The first kappa shape index (κ1) is 19.9. The summed E-state index contributed by atoms with van der Waals surface area (Å²) < 4.78 is 0. The quantitative estimate of drug-likeness (QED) is 0.399. The zero-order valence-electron chi connectivity index (χ0n) is 17.7. The number of hydrogen-bond acceptors (Lipinski definition) is 5. The van der Waals surface area contributed by atoms with Crippen molar-refractivity contribution in [3.63, 3.8) is 0 Å². The van der Waals surface area contributed by atoms with Crippen molar-refractivity contribution < 1.29 is 10.0 Å². The Kier molecular flexibility index (Phi) is 4.88. The van der Waals surface area contributed by atoms with Crippen molar-refractivity contribution in [1.29, 1.82) is 0 Å². The molecule has 6 nitrogen and oxygen atoms in total. The van der Waals surface area contributed by atoms with Crippen LogP contribution < -0.4 is 0 Å². The lowest BCUT2D eigenvalue weighted by molar-refractivity contribution is -0.384. The molecule has 160 valence electrons. The number of nitrogens with zero attached hydrogens (tertiary/aromatic N) is 3. The van der Waals surface area contributed by atoms with Crippen molar-refractivity contribution in [3.8, 4) is 5.75 Å². The topological polar surface area (TPSA) is 88.1 Å². The van der Waals surface area contributed by atoms with E-state index in [0.29, 0.717) is 23.5 Å². The first-order valence-electron chi connectivity index (χ1n) is 11.1. The molecule has 2 fully saturated rings. The van der Waals surface area contributed by atoms with Crippen LogP contribution in [0.2, 0.25) is 0 Å². The van der Waals surface area contributed by atoms with E-state index in [9.17, 15) is 15.2 Å². The molecule has 6 heteroatoms. The number of fused-ring (bicyclic) bond motifs is 5. The Balaban J connectivity index is 1.34. The molecule has 3 aliphatic rings. The van der Waals surface area contributed by atoms with Gasteiger partial charge in [0.05, 0.1) is 11.1 Å². The van der Waals surface area contributed by atoms with Crippen LogP contribution in [0.5, 0.6) is 5.75 Å². The molecule has 0 bridgehead atoms. The molecule has 2 aromatic rings. The maximum atomic E-state index is 10.8. The van der Waals surface area contributed by atoms with Crippen LogP contribution in [0, 0.1) is 27.4 Å². The summed E-state index contributed by atoms with van der Waals surface area (Å²) in [6.45, 7) is 2.37. The van der Waals surface area contributed by atoms with Gasteiger partial charge in [-0.1, -0.05) is 13.0 Å². The summed E-state index contributed by atoms with van der Waals surface area (Å²) in [5, 5.41) is 29.6. The lowest BCUT2D eigenvalue weighted by Crippen LogP contribution is -2.42. The van der Waals surface area contributed by atoms with E-state index >= 15 is 0 Å². The van der Waals surface area contributed by atoms with Gasteiger partial charge in [0.2, 0.25) is 0 Å². The van der Waals surface area contributed by atoms with E-state index in [1.165, 1.54) is 35.4 Å². The molecule has 0 heterocycles. The lowest BCUT2D eigenvalue weighted by atomic mass is 9.55. The number of phenols is 1. The molecule has 3 aliphatic carbocycles. The number of nitro benzene ring substituents is 1. The molecule has 2 saturated carbocycles. The highest BCUT2D eigenvalue weighted by Crippen LogP contribution is 2.60. The number of non-ortho nitro benzene ring substituents is 1. The zero-order chi connectivity index (χ0) is 21.6. The van der Waals surface area contributed by atoms with Crippen LogP contribution >= 0.6 is 0 Å². The Morgan fingerprint density at radius 2 is 1.94 bits per heavy atom. The van der Waals surface area contributed by atoms with Gasteiger partial charge in [0.25, 0.3) is 5.69 Å².